The third kappa shape index (κ3) is 6.46. The van der Waals surface area contributed by atoms with Gasteiger partial charge in [-0.05, 0) is 49.9 Å². The van der Waals surface area contributed by atoms with Gasteiger partial charge in [0.1, 0.15) is 5.82 Å². The van der Waals surface area contributed by atoms with E-state index in [4.69, 9.17) is 11.6 Å². The molecule has 0 radical (unpaired) electrons. The van der Waals surface area contributed by atoms with Crippen LogP contribution in [0, 0.1) is 5.82 Å². The molecule has 2 rings (SSSR count). The minimum absolute atomic E-state index is 0.0132. The number of likely N-dealkylation sites (N-methyl/N-ethyl adjacent to an activating group) is 1. The second-order valence-electron chi connectivity index (χ2n) is 6.07. The molecule has 2 amide bonds. The van der Waals surface area contributed by atoms with Gasteiger partial charge in [-0.25, -0.2) is 4.39 Å². The molecule has 5 nitrogen and oxygen atoms in total. The monoisotopic (exact) mass is 377 g/mol. The van der Waals surface area contributed by atoms with Crippen LogP contribution in [0.4, 0.5) is 10.1 Å². The van der Waals surface area contributed by atoms with Crippen molar-refractivity contribution in [1.29, 1.82) is 0 Å². The molecule has 1 atom stereocenters. The highest BCUT2D eigenvalue weighted by Crippen LogP contribution is 2.16. The summed E-state index contributed by atoms with van der Waals surface area (Å²) in [6.07, 6.45) is 0. The Morgan fingerprint density at radius 1 is 1.12 bits per heavy atom. The molecule has 0 saturated heterocycles. The molecule has 0 aliphatic carbocycles. The Morgan fingerprint density at radius 2 is 1.77 bits per heavy atom. The van der Waals surface area contributed by atoms with Crippen LogP contribution in [-0.2, 0) is 9.59 Å². The van der Waals surface area contributed by atoms with E-state index in [0.29, 0.717) is 10.7 Å². The van der Waals surface area contributed by atoms with Gasteiger partial charge in [-0.2, -0.15) is 0 Å². The highest BCUT2D eigenvalue weighted by atomic mass is 35.5. The Balaban J connectivity index is 1.79. The fraction of sp³-hybridized carbons (Fsp3) is 0.263. The van der Waals surface area contributed by atoms with E-state index in [1.807, 2.05) is 19.1 Å². The number of hydrogen-bond donors (Lipinski definition) is 2. The Labute approximate surface area is 157 Å². The highest BCUT2D eigenvalue weighted by Gasteiger charge is 2.14. The van der Waals surface area contributed by atoms with E-state index in [9.17, 15) is 14.0 Å². The van der Waals surface area contributed by atoms with Crippen LogP contribution in [0.25, 0.3) is 0 Å². The molecule has 0 fully saturated rings. The summed E-state index contributed by atoms with van der Waals surface area (Å²) in [7, 11) is 1.66. The smallest absolute Gasteiger partial charge is 0.238 e. The van der Waals surface area contributed by atoms with Gasteiger partial charge < -0.3 is 10.6 Å². The lowest BCUT2D eigenvalue weighted by Gasteiger charge is -2.19. The van der Waals surface area contributed by atoms with E-state index in [-0.39, 0.29) is 30.9 Å². The number of nitrogens with zero attached hydrogens (tertiary/aromatic N) is 1. The van der Waals surface area contributed by atoms with Gasteiger partial charge >= 0.3 is 0 Å². The van der Waals surface area contributed by atoms with Gasteiger partial charge in [0.05, 0.1) is 19.1 Å². The van der Waals surface area contributed by atoms with Crippen LogP contribution in [0.3, 0.4) is 0 Å². The van der Waals surface area contributed by atoms with Crippen molar-refractivity contribution in [1.82, 2.24) is 10.2 Å². The molecule has 0 heterocycles. The molecular weight excluding hydrogens is 357 g/mol. The van der Waals surface area contributed by atoms with Gasteiger partial charge in [-0.15, -0.1) is 0 Å². The summed E-state index contributed by atoms with van der Waals surface area (Å²) in [5.41, 5.74) is 1.32. The highest BCUT2D eigenvalue weighted by molar-refractivity contribution is 6.30. The topological polar surface area (TPSA) is 61.4 Å². The second-order valence-corrected chi connectivity index (χ2v) is 6.51. The Morgan fingerprint density at radius 3 is 2.42 bits per heavy atom. The molecule has 0 spiro atoms. The molecule has 2 aromatic rings. The molecule has 0 aliphatic rings. The van der Waals surface area contributed by atoms with E-state index < -0.39 is 5.82 Å². The summed E-state index contributed by atoms with van der Waals surface area (Å²) in [6, 6.07) is 12.7. The summed E-state index contributed by atoms with van der Waals surface area (Å²) >= 11 is 5.85. The largest absolute Gasteiger partial charge is 0.348 e. The molecule has 1 unspecified atom stereocenters. The second kappa shape index (κ2) is 9.31. The summed E-state index contributed by atoms with van der Waals surface area (Å²) in [5, 5.41) is 6.10. The predicted octanol–water partition coefficient (Wildman–Crippen LogP) is 3.23. The lowest BCUT2D eigenvalue weighted by Crippen LogP contribution is -2.39. The van der Waals surface area contributed by atoms with E-state index >= 15 is 0 Å². The van der Waals surface area contributed by atoms with Crippen LogP contribution in [-0.4, -0.2) is 36.9 Å². The molecular formula is C19H21ClFN3O2. The van der Waals surface area contributed by atoms with Gasteiger partial charge in [0.2, 0.25) is 11.8 Å². The summed E-state index contributed by atoms with van der Waals surface area (Å²) in [5.74, 6) is -0.947. The van der Waals surface area contributed by atoms with E-state index in [1.165, 1.54) is 18.2 Å². The fourth-order valence-electron chi connectivity index (χ4n) is 2.43. The average Bonchev–Trinajstić information content (AvgIpc) is 2.54. The van der Waals surface area contributed by atoms with Gasteiger partial charge in [-0.3, -0.25) is 14.5 Å². The molecule has 0 aliphatic heterocycles. The number of amides is 2. The maximum absolute atomic E-state index is 13.1. The van der Waals surface area contributed by atoms with Gasteiger partial charge in [0, 0.05) is 10.7 Å². The normalized spacial score (nSPS) is 11.9. The lowest BCUT2D eigenvalue weighted by atomic mass is 10.1. The van der Waals surface area contributed by atoms with Gasteiger partial charge in [0.25, 0.3) is 0 Å². The van der Waals surface area contributed by atoms with Crippen LogP contribution >= 0.6 is 11.6 Å². The molecule has 138 valence electrons. The van der Waals surface area contributed by atoms with Crippen LogP contribution < -0.4 is 10.6 Å². The third-order valence-corrected chi connectivity index (χ3v) is 3.93. The van der Waals surface area contributed by atoms with E-state index in [1.54, 1.807) is 30.1 Å². The number of nitrogens with one attached hydrogen (secondary N) is 2. The van der Waals surface area contributed by atoms with Crippen molar-refractivity contribution in [2.45, 2.75) is 13.0 Å². The maximum atomic E-state index is 13.1. The number of hydrogen-bond acceptors (Lipinski definition) is 3. The van der Waals surface area contributed by atoms with Crippen molar-refractivity contribution >= 4 is 29.1 Å². The molecule has 2 N–H and O–H groups in total. The Kier molecular flexibility index (Phi) is 7.12. The van der Waals surface area contributed by atoms with Crippen molar-refractivity contribution in [3.8, 4) is 0 Å². The molecule has 0 bridgehead atoms. The number of carbonyl (C=O) groups is 2. The maximum Gasteiger partial charge on any atom is 0.238 e. The predicted molar refractivity (Wildman–Crippen MR) is 101 cm³/mol. The van der Waals surface area contributed by atoms with Crippen LogP contribution in [0.5, 0.6) is 0 Å². The summed E-state index contributed by atoms with van der Waals surface area (Å²) in [6.45, 7) is 1.95. The number of halogens is 2. The lowest BCUT2D eigenvalue weighted by molar-refractivity contribution is -0.123. The molecule has 7 heteroatoms. The quantitative estimate of drug-likeness (QED) is 0.778. The first-order chi connectivity index (χ1) is 12.3. The Bertz CT molecular complexity index is 768. The average molecular weight is 378 g/mol. The minimum Gasteiger partial charge on any atom is -0.348 e. The summed E-state index contributed by atoms with van der Waals surface area (Å²) < 4.78 is 13.1. The van der Waals surface area contributed by atoms with E-state index in [0.717, 1.165) is 5.56 Å². The van der Waals surface area contributed by atoms with Crippen molar-refractivity contribution in [3.05, 3.63) is 64.9 Å². The number of anilines is 1. The zero-order valence-electron chi connectivity index (χ0n) is 14.6. The zero-order chi connectivity index (χ0) is 19.1. The third-order valence-electron chi connectivity index (χ3n) is 3.68. The van der Waals surface area contributed by atoms with Gasteiger partial charge in [0.15, 0.2) is 0 Å². The van der Waals surface area contributed by atoms with Crippen molar-refractivity contribution in [2.75, 3.05) is 25.5 Å². The van der Waals surface area contributed by atoms with Gasteiger partial charge in [-0.1, -0.05) is 29.8 Å². The van der Waals surface area contributed by atoms with Crippen LogP contribution in [0.1, 0.15) is 18.5 Å². The number of benzene rings is 2. The first-order valence-electron chi connectivity index (χ1n) is 8.12. The Hall–Kier alpha value is -2.44. The van der Waals surface area contributed by atoms with Crippen molar-refractivity contribution in [3.63, 3.8) is 0 Å². The van der Waals surface area contributed by atoms with Crippen LogP contribution in [0.2, 0.25) is 5.02 Å². The summed E-state index contributed by atoms with van der Waals surface area (Å²) in [4.78, 5) is 25.7. The fourth-order valence-corrected chi connectivity index (χ4v) is 2.56. The van der Waals surface area contributed by atoms with Crippen molar-refractivity contribution in [2.24, 2.45) is 0 Å². The number of carbonyl (C=O) groups excluding carboxylic acids is 2. The first-order valence-corrected chi connectivity index (χ1v) is 8.50. The van der Waals surface area contributed by atoms with E-state index in [2.05, 4.69) is 10.6 Å². The minimum atomic E-state index is -0.424. The zero-order valence-corrected chi connectivity index (χ0v) is 15.4. The van der Waals surface area contributed by atoms with Crippen molar-refractivity contribution < 1.29 is 14.0 Å². The molecule has 0 saturated carbocycles. The molecule has 26 heavy (non-hydrogen) atoms. The standard InChI is InChI=1S/C19H21ClFN3O2/c1-13(14-6-8-15(20)9-7-14)22-18(25)11-24(2)12-19(26)23-17-5-3-4-16(21)10-17/h3-10,13H,11-12H2,1-2H3,(H,22,25)(H,23,26). The SMILES string of the molecule is CC(NC(=O)CN(C)CC(=O)Nc1cccc(F)c1)c1ccc(Cl)cc1. The first kappa shape index (κ1) is 19.9. The molecule has 2 aromatic carbocycles. The van der Waals surface area contributed by atoms with Crippen LogP contribution in [0.15, 0.2) is 48.5 Å². The number of rotatable bonds is 7. The molecule has 0 aromatic heterocycles.